The minimum Gasteiger partial charge on any atom is -0.481 e. The lowest BCUT2D eigenvalue weighted by Gasteiger charge is -2.37. The minimum atomic E-state index is -0.690. The van der Waals surface area contributed by atoms with Gasteiger partial charge in [0.05, 0.1) is 11.6 Å². The van der Waals surface area contributed by atoms with Gasteiger partial charge in [-0.2, -0.15) is 0 Å². The Hall–Kier alpha value is -2.66. The summed E-state index contributed by atoms with van der Waals surface area (Å²) in [5.41, 5.74) is 8.66. The van der Waals surface area contributed by atoms with Crippen LogP contribution >= 0.6 is 0 Å². The van der Waals surface area contributed by atoms with Crippen LogP contribution in [-0.2, 0) is 35.6 Å². The Morgan fingerprint density at radius 2 is 1.74 bits per heavy atom. The van der Waals surface area contributed by atoms with Crippen molar-refractivity contribution in [1.29, 1.82) is 0 Å². The van der Waals surface area contributed by atoms with Crippen LogP contribution in [0.5, 0.6) is 0 Å². The van der Waals surface area contributed by atoms with Crippen molar-refractivity contribution >= 4 is 11.7 Å². The summed E-state index contributed by atoms with van der Waals surface area (Å²) in [6, 6.07) is 13.3. The molecular formula is C30H40N2O3. The van der Waals surface area contributed by atoms with Gasteiger partial charge in [-0.25, -0.2) is 0 Å². The van der Waals surface area contributed by atoms with Crippen molar-refractivity contribution in [2.75, 3.05) is 13.1 Å². The molecule has 0 bridgehead atoms. The Morgan fingerprint density at radius 1 is 1.00 bits per heavy atom. The van der Waals surface area contributed by atoms with Crippen LogP contribution in [0.3, 0.4) is 0 Å². The molecule has 1 aliphatic heterocycles. The molecule has 4 rings (SSSR count). The van der Waals surface area contributed by atoms with Gasteiger partial charge in [0.2, 0.25) is 0 Å². The summed E-state index contributed by atoms with van der Waals surface area (Å²) >= 11 is 0. The Kier molecular flexibility index (Phi) is 8.61. The molecule has 188 valence electrons. The highest BCUT2D eigenvalue weighted by Crippen LogP contribution is 2.35. The first kappa shape index (κ1) is 25.4. The number of rotatable bonds is 10. The highest BCUT2D eigenvalue weighted by Gasteiger charge is 2.32. The first-order valence-electron chi connectivity index (χ1n) is 13.3. The van der Waals surface area contributed by atoms with Gasteiger partial charge in [-0.3, -0.25) is 9.69 Å². The largest absolute Gasteiger partial charge is 0.481 e. The summed E-state index contributed by atoms with van der Waals surface area (Å²) < 4.78 is 0. The summed E-state index contributed by atoms with van der Waals surface area (Å²) in [6.45, 7) is 8.95. The predicted molar refractivity (Wildman–Crippen MR) is 141 cm³/mol. The maximum absolute atomic E-state index is 11.1. The fourth-order valence-corrected chi connectivity index (χ4v) is 5.55. The summed E-state index contributed by atoms with van der Waals surface area (Å²) in [7, 11) is 0. The number of aryl methyl sites for hydroxylation is 2. The molecule has 2 fully saturated rings. The molecule has 1 saturated carbocycles. The molecule has 5 heteroatoms. The third-order valence-corrected chi connectivity index (χ3v) is 7.77. The number of benzene rings is 2. The molecule has 0 spiro atoms. The molecule has 0 aromatic heterocycles. The third-order valence-electron chi connectivity index (χ3n) is 7.77. The topological polar surface area (TPSA) is 62.1 Å². The van der Waals surface area contributed by atoms with Crippen LogP contribution in [0.25, 0.3) is 0 Å². The summed E-state index contributed by atoms with van der Waals surface area (Å²) in [6.07, 6.45) is 8.74. The van der Waals surface area contributed by atoms with E-state index in [1.54, 1.807) is 5.56 Å². The lowest BCUT2D eigenvalue weighted by molar-refractivity contribution is -0.147. The van der Waals surface area contributed by atoms with Crippen LogP contribution in [0.2, 0.25) is 0 Å². The number of likely N-dealkylation sites (tertiary alicyclic amines) is 1. The highest BCUT2D eigenvalue weighted by molar-refractivity contribution is 5.98. The molecule has 1 N–H and O–H groups in total. The van der Waals surface area contributed by atoms with E-state index in [9.17, 15) is 4.79 Å². The number of hydrogen-bond acceptors (Lipinski definition) is 4. The maximum atomic E-state index is 11.1. The summed E-state index contributed by atoms with van der Waals surface area (Å²) in [5.74, 6) is -0.183. The van der Waals surface area contributed by atoms with E-state index < -0.39 is 5.97 Å². The molecule has 2 aliphatic rings. The van der Waals surface area contributed by atoms with E-state index in [1.807, 2.05) is 6.92 Å². The van der Waals surface area contributed by atoms with Crippen LogP contribution in [-0.4, -0.2) is 34.8 Å². The Labute approximate surface area is 210 Å². The van der Waals surface area contributed by atoms with E-state index in [0.717, 1.165) is 36.6 Å². The molecule has 0 amide bonds. The van der Waals surface area contributed by atoms with Crippen molar-refractivity contribution in [2.45, 2.75) is 84.8 Å². The average Bonchev–Trinajstić information content (AvgIpc) is 2.86. The van der Waals surface area contributed by atoms with Crippen molar-refractivity contribution in [3.8, 4) is 0 Å². The van der Waals surface area contributed by atoms with Crippen molar-refractivity contribution in [2.24, 2.45) is 11.1 Å². The van der Waals surface area contributed by atoms with Gasteiger partial charge in [-0.05, 0) is 78.0 Å². The van der Waals surface area contributed by atoms with Gasteiger partial charge >= 0.3 is 5.97 Å². The molecule has 1 aliphatic carbocycles. The van der Waals surface area contributed by atoms with Gasteiger partial charge in [0, 0.05) is 19.6 Å². The maximum Gasteiger partial charge on any atom is 0.309 e. The zero-order chi connectivity index (χ0) is 24.8. The zero-order valence-corrected chi connectivity index (χ0v) is 21.6. The molecule has 35 heavy (non-hydrogen) atoms. The minimum absolute atomic E-state index is 0.220. The van der Waals surface area contributed by atoms with Crippen LogP contribution in [0.1, 0.15) is 92.2 Å². The second-order valence-electron chi connectivity index (χ2n) is 10.2. The van der Waals surface area contributed by atoms with Crippen molar-refractivity contribution < 1.29 is 14.7 Å². The number of carboxylic acid groups (broad SMARTS) is 1. The number of hydrogen-bond donors (Lipinski definition) is 1. The van der Waals surface area contributed by atoms with Crippen LogP contribution in [0, 0.1) is 5.92 Å². The van der Waals surface area contributed by atoms with Crippen molar-refractivity contribution in [1.82, 2.24) is 4.90 Å². The standard InChI is InChI=1S/C30H40N2O3/c1-4-23-16-26(12-13-27(23)17-32-18-28(19-32)30(33)34)21(3)31-35-20-22-11-14-29(24(5-2)15-22)25-9-7-6-8-10-25/h11-16,25,28H,4-10,17-20H2,1-3H3,(H,33,34)/b31-21+. The lowest BCUT2D eigenvalue weighted by atomic mass is 9.81. The molecule has 0 atom stereocenters. The normalized spacial score (nSPS) is 17.9. The SMILES string of the molecule is CCc1cc(/C(C)=N/OCc2ccc(C3CCCCC3)c(CC)c2)ccc1CN1CC(C(=O)O)C1. The Bertz CT molecular complexity index is 1050. The smallest absolute Gasteiger partial charge is 0.309 e. The first-order valence-corrected chi connectivity index (χ1v) is 13.3. The van der Waals surface area contributed by atoms with Gasteiger partial charge in [0.25, 0.3) is 0 Å². The third kappa shape index (κ3) is 6.32. The second-order valence-corrected chi connectivity index (χ2v) is 10.2. The van der Waals surface area contributed by atoms with Crippen molar-refractivity contribution in [3.63, 3.8) is 0 Å². The van der Waals surface area contributed by atoms with E-state index in [0.29, 0.717) is 19.7 Å². The monoisotopic (exact) mass is 476 g/mol. The number of nitrogens with zero attached hydrogens (tertiary/aromatic N) is 2. The Balaban J connectivity index is 1.36. The van der Waals surface area contributed by atoms with E-state index in [2.05, 4.69) is 60.3 Å². The fraction of sp³-hybridized carbons (Fsp3) is 0.533. The van der Waals surface area contributed by atoms with Crippen molar-refractivity contribution in [3.05, 3.63) is 69.8 Å². The number of oxime groups is 1. The molecule has 1 heterocycles. The molecular weight excluding hydrogens is 436 g/mol. The molecule has 0 unspecified atom stereocenters. The fourth-order valence-electron chi connectivity index (χ4n) is 5.55. The highest BCUT2D eigenvalue weighted by atomic mass is 16.6. The van der Waals surface area contributed by atoms with Gasteiger partial charge in [0.15, 0.2) is 0 Å². The van der Waals surface area contributed by atoms with Crippen LogP contribution in [0.4, 0.5) is 0 Å². The molecule has 2 aromatic carbocycles. The quantitative estimate of drug-likeness (QED) is 0.322. The van der Waals surface area contributed by atoms with Gasteiger partial charge in [-0.15, -0.1) is 0 Å². The number of aliphatic carboxylic acids is 1. The molecule has 2 aromatic rings. The first-order chi connectivity index (χ1) is 17.0. The Morgan fingerprint density at radius 3 is 2.43 bits per heavy atom. The summed E-state index contributed by atoms with van der Waals surface area (Å²) in [5, 5.41) is 13.5. The number of carboxylic acids is 1. The molecule has 5 nitrogen and oxygen atoms in total. The second kappa shape index (κ2) is 11.9. The van der Waals surface area contributed by atoms with Gasteiger partial charge in [0.1, 0.15) is 6.61 Å². The van der Waals surface area contributed by atoms with Gasteiger partial charge in [-0.1, -0.05) is 68.6 Å². The number of carbonyl (C=O) groups is 1. The van der Waals surface area contributed by atoms with Gasteiger partial charge < -0.3 is 9.94 Å². The van der Waals surface area contributed by atoms with Crippen LogP contribution < -0.4 is 0 Å². The van der Waals surface area contributed by atoms with E-state index >= 15 is 0 Å². The van der Waals surface area contributed by atoms with E-state index in [-0.39, 0.29) is 5.92 Å². The van der Waals surface area contributed by atoms with E-state index in [4.69, 9.17) is 9.94 Å². The zero-order valence-electron chi connectivity index (χ0n) is 21.6. The van der Waals surface area contributed by atoms with Crippen LogP contribution in [0.15, 0.2) is 41.6 Å². The lowest BCUT2D eigenvalue weighted by Crippen LogP contribution is -2.49. The van der Waals surface area contributed by atoms with E-state index in [1.165, 1.54) is 54.4 Å². The predicted octanol–water partition coefficient (Wildman–Crippen LogP) is 6.32. The molecule has 1 saturated heterocycles. The average molecular weight is 477 g/mol. The summed E-state index contributed by atoms with van der Waals surface area (Å²) in [4.78, 5) is 19.0. The molecule has 0 radical (unpaired) electrons.